The highest BCUT2D eigenvalue weighted by molar-refractivity contribution is 9.10. The van der Waals surface area contributed by atoms with Crippen molar-refractivity contribution >= 4 is 21.9 Å². The molecular formula is C11H14BrN3O2. The van der Waals surface area contributed by atoms with Crippen LogP contribution < -0.4 is 5.32 Å². The predicted octanol–water partition coefficient (Wildman–Crippen LogP) is 0.703. The zero-order valence-corrected chi connectivity index (χ0v) is 10.9. The normalized spacial score (nSPS) is 21.4. The molecule has 0 saturated carbocycles. The summed E-state index contributed by atoms with van der Waals surface area (Å²) in [6.07, 6.45) is 1.73. The molecule has 0 aromatic carbocycles. The lowest BCUT2D eigenvalue weighted by atomic mass is 10.2. The number of carbonyl (C=O) groups is 1. The van der Waals surface area contributed by atoms with E-state index >= 15 is 0 Å². The first kappa shape index (κ1) is 12.5. The Labute approximate surface area is 108 Å². The summed E-state index contributed by atoms with van der Waals surface area (Å²) in [5.74, 6) is -0.783. The van der Waals surface area contributed by atoms with Crippen LogP contribution in [0.4, 0.5) is 0 Å². The van der Waals surface area contributed by atoms with Crippen LogP contribution in [0.2, 0.25) is 0 Å². The van der Waals surface area contributed by atoms with E-state index in [0.717, 1.165) is 23.3 Å². The lowest BCUT2D eigenvalue weighted by molar-refractivity contribution is -0.144. The van der Waals surface area contributed by atoms with Crippen LogP contribution in [0.1, 0.15) is 5.69 Å². The van der Waals surface area contributed by atoms with E-state index in [1.165, 1.54) is 0 Å². The molecule has 0 bridgehead atoms. The second-order valence-electron chi connectivity index (χ2n) is 4.00. The smallest absolute Gasteiger partial charge is 0.322 e. The number of nitrogens with zero attached hydrogens (tertiary/aromatic N) is 2. The molecule has 1 aromatic rings. The molecule has 0 aliphatic carbocycles. The molecule has 5 nitrogen and oxygen atoms in total. The second kappa shape index (κ2) is 5.57. The second-order valence-corrected chi connectivity index (χ2v) is 4.91. The Morgan fingerprint density at radius 1 is 1.65 bits per heavy atom. The number of carboxylic acid groups (broad SMARTS) is 1. The first-order chi connectivity index (χ1) is 8.16. The molecule has 1 atom stereocenters. The van der Waals surface area contributed by atoms with Crippen molar-refractivity contribution in [2.45, 2.75) is 12.6 Å². The molecule has 0 spiro atoms. The fourth-order valence-corrected chi connectivity index (χ4v) is 2.12. The van der Waals surface area contributed by atoms with Crippen LogP contribution in [0, 0.1) is 0 Å². The van der Waals surface area contributed by atoms with Crippen molar-refractivity contribution in [1.82, 2.24) is 15.2 Å². The highest BCUT2D eigenvalue weighted by Crippen LogP contribution is 2.12. The Bertz CT molecular complexity index is 396. The van der Waals surface area contributed by atoms with Crippen molar-refractivity contribution in [3.05, 3.63) is 28.5 Å². The average molecular weight is 300 g/mol. The van der Waals surface area contributed by atoms with Gasteiger partial charge in [0.2, 0.25) is 0 Å². The van der Waals surface area contributed by atoms with Crippen molar-refractivity contribution in [3.63, 3.8) is 0 Å². The van der Waals surface area contributed by atoms with Crippen LogP contribution in [0.15, 0.2) is 22.8 Å². The van der Waals surface area contributed by atoms with E-state index in [1.54, 1.807) is 6.20 Å². The number of hydrogen-bond donors (Lipinski definition) is 2. The summed E-state index contributed by atoms with van der Waals surface area (Å²) >= 11 is 3.33. The van der Waals surface area contributed by atoms with E-state index in [2.05, 4.69) is 26.2 Å². The van der Waals surface area contributed by atoms with E-state index in [1.807, 2.05) is 17.0 Å². The van der Waals surface area contributed by atoms with Crippen molar-refractivity contribution in [1.29, 1.82) is 0 Å². The van der Waals surface area contributed by atoms with Gasteiger partial charge in [0.05, 0.1) is 5.69 Å². The molecule has 17 heavy (non-hydrogen) atoms. The van der Waals surface area contributed by atoms with E-state index in [4.69, 9.17) is 5.11 Å². The SMILES string of the molecule is O=C(O)C1CNCCN1Cc1ccc(Br)cn1. The zero-order chi connectivity index (χ0) is 12.3. The largest absolute Gasteiger partial charge is 0.480 e. The van der Waals surface area contributed by atoms with Gasteiger partial charge >= 0.3 is 5.97 Å². The molecule has 1 aliphatic heterocycles. The number of nitrogens with one attached hydrogen (secondary N) is 1. The minimum Gasteiger partial charge on any atom is -0.480 e. The topological polar surface area (TPSA) is 65.5 Å². The first-order valence-electron chi connectivity index (χ1n) is 5.45. The summed E-state index contributed by atoms with van der Waals surface area (Å²) < 4.78 is 0.927. The maximum Gasteiger partial charge on any atom is 0.322 e. The average Bonchev–Trinajstić information content (AvgIpc) is 2.32. The standard InChI is InChI=1S/C11H14BrN3O2/c12-8-1-2-9(14-5-8)7-15-4-3-13-6-10(15)11(16)17/h1-2,5,10,13H,3-4,6-7H2,(H,16,17). The molecule has 0 radical (unpaired) electrons. The lowest BCUT2D eigenvalue weighted by Gasteiger charge is -2.33. The predicted molar refractivity (Wildman–Crippen MR) is 66.6 cm³/mol. The fourth-order valence-electron chi connectivity index (χ4n) is 1.89. The van der Waals surface area contributed by atoms with Gasteiger partial charge in [-0.05, 0) is 28.1 Å². The maximum absolute atomic E-state index is 11.1. The van der Waals surface area contributed by atoms with Gasteiger partial charge in [-0.3, -0.25) is 14.7 Å². The van der Waals surface area contributed by atoms with Crippen molar-refractivity contribution in [2.24, 2.45) is 0 Å². The molecule has 1 unspecified atom stereocenters. The van der Waals surface area contributed by atoms with Gasteiger partial charge in [-0.1, -0.05) is 0 Å². The van der Waals surface area contributed by atoms with Gasteiger partial charge in [-0.25, -0.2) is 0 Å². The summed E-state index contributed by atoms with van der Waals surface area (Å²) in [4.78, 5) is 17.3. The number of piperazine rings is 1. The Morgan fingerprint density at radius 2 is 2.47 bits per heavy atom. The third-order valence-corrected chi connectivity index (χ3v) is 3.26. The van der Waals surface area contributed by atoms with E-state index in [0.29, 0.717) is 13.1 Å². The number of hydrogen-bond acceptors (Lipinski definition) is 4. The monoisotopic (exact) mass is 299 g/mol. The molecule has 2 heterocycles. The highest BCUT2D eigenvalue weighted by atomic mass is 79.9. The van der Waals surface area contributed by atoms with Crippen LogP contribution in [0.25, 0.3) is 0 Å². The number of halogens is 1. The van der Waals surface area contributed by atoms with Gasteiger partial charge in [-0.2, -0.15) is 0 Å². The number of pyridine rings is 1. The van der Waals surface area contributed by atoms with Gasteiger partial charge in [0.25, 0.3) is 0 Å². The Morgan fingerprint density at radius 3 is 3.12 bits per heavy atom. The molecule has 6 heteroatoms. The summed E-state index contributed by atoms with van der Waals surface area (Å²) in [5, 5.41) is 12.2. The molecule has 1 aliphatic rings. The number of aliphatic carboxylic acids is 1. The van der Waals surface area contributed by atoms with Crippen LogP contribution in [0.3, 0.4) is 0 Å². The van der Waals surface area contributed by atoms with Gasteiger partial charge in [0.1, 0.15) is 6.04 Å². The zero-order valence-electron chi connectivity index (χ0n) is 9.27. The van der Waals surface area contributed by atoms with Gasteiger partial charge in [0, 0.05) is 36.8 Å². The van der Waals surface area contributed by atoms with Gasteiger partial charge in [0.15, 0.2) is 0 Å². The molecule has 2 N–H and O–H groups in total. The van der Waals surface area contributed by atoms with E-state index in [-0.39, 0.29) is 0 Å². The van der Waals surface area contributed by atoms with E-state index < -0.39 is 12.0 Å². The van der Waals surface area contributed by atoms with Gasteiger partial charge < -0.3 is 10.4 Å². The van der Waals surface area contributed by atoms with Crippen molar-refractivity contribution in [2.75, 3.05) is 19.6 Å². The molecular weight excluding hydrogens is 286 g/mol. The third kappa shape index (κ3) is 3.24. The molecule has 1 saturated heterocycles. The molecule has 2 rings (SSSR count). The van der Waals surface area contributed by atoms with Crippen LogP contribution in [0.5, 0.6) is 0 Å². The number of carboxylic acids is 1. The van der Waals surface area contributed by atoms with E-state index in [9.17, 15) is 4.79 Å². The first-order valence-corrected chi connectivity index (χ1v) is 6.24. The minimum absolute atomic E-state index is 0.464. The Kier molecular flexibility index (Phi) is 4.09. The number of rotatable bonds is 3. The van der Waals surface area contributed by atoms with Crippen molar-refractivity contribution in [3.8, 4) is 0 Å². The maximum atomic E-state index is 11.1. The number of aromatic nitrogens is 1. The lowest BCUT2D eigenvalue weighted by Crippen LogP contribution is -2.54. The summed E-state index contributed by atoms with van der Waals surface area (Å²) in [7, 11) is 0. The van der Waals surface area contributed by atoms with Crippen LogP contribution in [-0.4, -0.2) is 46.6 Å². The fraction of sp³-hybridized carbons (Fsp3) is 0.455. The molecule has 92 valence electrons. The summed E-state index contributed by atoms with van der Waals surface area (Å²) in [6.45, 7) is 2.62. The Balaban J connectivity index is 2.05. The minimum atomic E-state index is -0.783. The molecule has 1 fully saturated rings. The third-order valence-electron chi connectivity index (χ3n) is 2.79. The molecule has 1 aromatic heterocycles. The quantitative estimate of drug-likeness (QED) is 0.860. The Hall–Kier alpha value is -0.980. The van der Waals surface area contributed by atoms with Gasteiger partial charge in [-0.15, -0.1) is 0 Å². The van der Waals surface area contributed by atoms with Crippen LogP contribution in [-0.2, 0) is 11.3 Å². The molecule has 0 amide bonds. The highest BCUT2D eigenvalue weighted by Gasteiger charge is 2.28. The van der Waals surface area contributed by atoms with Crippen LogP contribution >= 0.6 is 15.9 Å². The summed E-state index contributed by atoms with van der Waals surface area (Å²) in [5.41, 5.74) is 0.890. The van der Waals surface area contributed by atoms with Crippen molar-refractivity contribution < 1.29 is 9.90 Å². The summed E-state index contributed by atoms with van der Waals surface area (Å²) in [6, 6.07) is 3.36.